The van der Waals surface area contributed by atoms with Gasteiger partial charge in [0.05, 0.1) is 11.2 Å². The molecule has 1 aromatic carbocycles. The highest BCUT2D eigenvalue weighted by Crippen LogP contribution is 2.40. The molecule has 196 valence electrons. The summed E-state index contributed by atoms with van der Waals surface area (Å²) in [6, 6.07) is 3.21. The largest absolute Gasteiger partial charge is 0.598 e. The van der Waals surface area contributed by atoms with E-state index >= 15 is 0 Å². The van der Waals surface area contributed by atoms with Crippen molar-refractivity contribution in [2.75, 3.05) is 0 Å². The van der Waals surface area contributed by atoms with Gasteiger partial charge >= 0.3 is 13.3 Å². The lowest BCUT2D eigenvalue weighted by Crippen LogP contribution is -2.45. The van der Waals surface area contributed by atoms with E-state index in [0.717, 1.165) is 5.46 Å². The van der Waals surface area contributed by atoms with Gasteiger partial charge in [0, 0.05) is 40.6 Å². The topological polar surface area (TPSA) is 58.5 Å². The number of hydrogen-bond acceptors (Lipinski definition) is 4. The maximum Gasteiger partial charge on any atom is 0.494 e. The van der Waals surface area contributed by atoms with E-state index < -0.39 is 46.6 Å². The van der Waals surface area contributed by atoms with Crippen LogP contribution in [0.5, 0.6) is 0 Å². The van der Waals surface area contributed by atoms with Crippen molar-refractivity contribution < 1.29 is 27.0 Å². The minimum atomic E-state index is -4.63. The maximum absolute atomic E-state index is 14.3. The standard InChI is InChI=1S/C25H38BF3N2O3S/c1-21(2,3)15-31-14-18(20(25(27,28)29)30-35(32)22(4,5)6)17-12-11-16(13-19(17)31)26-33-23(7,8)24(9,10)34-26/h11-14,20,30H,15H2,1-10H3/t20-,35-/m0/s1. The molecule has 0 saturated carbocycles. The Kier molecular flexibility index (Phi) is 7.28. The van der Waals surface area contributed by atoms with Crippen LogP contribution in [0.3, 0.4) is 0 Å². The van der Waals surface area contributed by atoms with E-state index in [0.29, 0.717) is 17.4 Å². The number of nitrogens with zero attached hydrogens (tertiary/aromatic N) is 1. The van der Waals surface area contributed by atoms with E-state index in [4.69, 9.17) is 9.31 Å². The first kappa shape index (κ1) is 28.4. The van der Waals surface area contributed by atoms with Gasteiger partial charge in [-0.25, -0.2) is 0 Å². The summed E-state index contributed by atoms with van der Waals surface area (Å²) in [5.41, 5.74) is 0.195. The first-order valence-electron chi connectivity index (χ1n) is 11.9. The average Bonchev–Trinajstić information content (AvgIpc) is 3.09. The molecule has 0 unspecified atom stereocenters. The zero-order valence-electron chi connectivity index (χ0n) is 22.4. The zero-order chi connectivity index (χ0) is 26.8. The fourth-order valence-corrected chi connectivity index (χ4v) is 4.75. The van der Waals surface area contributed by atoms with Gasteiger partial charge in [-0.2, -0.15) is 13.2 Å². The monoisotopic (exact) mass is 514 g/mol. The summed E-state index contributed by atoms with van der Waals surface area (Å²) in [4.78, 5) is 0. The molecule has 1 aliphatic heterocycles. The lowest BCUT2D eigenvalue weighted by atomic mass is 9.78. The van der Waals surface area contributed by atoms with E-state index in [1.54, 1.807) is 32.9 Å². The Morgan fingerprint density at radius 2 is 1.57 bits per heavy atom. The molecule has 0 spiro atoms. The van der Waals surface area contributed by atoms with Gasteiger partial charge in [0.25, 0.3) is 0 Å². The molecule has 10 heteroatoms. The Hall–Kier alpha value is -1.20. The van der Waals surface area contributed by atoms with Crippen molar-refractivity contribution in [2.45, 2.75) is 104 Å². The molecular weight excluding hydrogens is 476 g/mol. The molecule has 1 aliphatic rings. The first-order chi connectivity index (χ1) is 15.6. The third-order valence-corrected chi connectivity index (χ3v) is 8.09. The fourth-order valence-electron chi connectivity index (χ4n) is 3.93. The summed E-state index contributed by atoms with van der Waals surface area (Å²) >= 11 is -1.91. The van der Waals surface area contributed by atoms with Crippen molar-refractivity contribution in [2.24, 2.45) is 5.41 Å². The van der Waals surface area contributed by atoms with E-state index in [-0.39, 0.29) is 11.0 Å². The Labute approximate surface area is 210 Å². The lowest BCUT2D eigenvalue weighted by molar-refractivity contribution is -0.152. The first-order valence-corrected chi connectivity index (χ1v) is 13.0. The summed E-state index contributed by atoms with van der Waals surface area (Å²) in [6.45, 7) is 19.4. The van der Waals surface area contributed by atoms with Crippen molar-refractivity contribution in [1.82, 2.24) is 9.29 Å². The third-order valence-electron chi connectivity index (χ3n) is 6.53. The molecule has 0 amide bonds. The van der Waals surface area contributed by atoms with Gasteiger partial charge in [-0.15, -0.1) is 4.72 Å². The van der Waals surface area contributed by atoms with Crippen LogP contribution >= 0.6 is 0 Å². The molecule has 2 aromatic rings. The SMILES string of the molecule is CC(C)(C)Cn1cc([C@H](N[S@@+]([O-])C(C)(C)C)C(F)(F)F)c2ccc(B3OC(C)(C)C(C)(C)O3)cc21. The minimum Gasteiger partial charge on any atom is -0.598 e. The predicted molar refractivity (Wildman–Crippen MR) is 137 cm³/mol. The van der Waals surface area contributed by atoms with Gasteiger partial charge in [0.15, 0.2) is 6.04 Å². The van der Waals surface area contributed by atoms with Gasteiger partial charge in [-0.05, 0) is 65.4 Å². The molecule has 3 rings (SSSR count). The molecule has 0 radical (unpaired) electrons. The van der Waals surface area contributed by atoms with Crippen LogP contribution in [0.15, 0.2) is 24.4 Å². The number of halogens is 3. The smallest absolute Gasteiger partial charge is 0.494 e. The van der Waals surface area contributed by atoms with Crippen LogP contribution in [0, 0.1) is 5.41 Å². The van der Waals surface area contributed by atoms with Crippen LogP contribution in [0.25, 0.3) is 10.9 Å². The van der Waals surface area contributed by atoms with Crippen LogP contribution < -0.4 is 10.2 Å². The van der Waals surface area contributed by atoms with Crippen LogP contribution in [0.2, 0.25) is 0 Å². The zero-order valence-corrected chi connectivity index (χ0v) is 23.2. The molecular formula is C25H38BF3N2O3S. The number of nitrogens with one attached hydrogen (secondary N) is 1. The summed E-state index contributed by atoms with van der Waals surface area (Å²) < 4.78 is 71.2. The van der Waals surface area contributed by atoms with Gasteiger partial charge < -0.3 is 18.4 Å². The van der Waals surface area contributed by atoms with Crippen LogP contribution in [0.1, 0.15) is 80.8 Å². The summed E-state index contributed by atoms with van der Waals surface area (Å²) in [7, 11) is -0.629. The number of alkyl halides is 3. The van der Waals surface area contributed by atoms with Gasteiger partial charge in [0.2, 0.25) is 0 Å². The highest BCUT2D eigenvalue weighted by atomic mass is 32.2. The molecule has 5 nitrogen and oxygen atoms in total. The molecule has 1 saturated heterocycles. The molecule has 2 atom stereocenters. The van der Waals surface area contributed by atoms with Crippen molar-refractivity contribution in [3.8, 4) is 0 Å². The molecule has 0 aliphatic carbocycles. The third kappa shape index (κ3) is 6.04. The van der Waals surface area contributed by atoms with Crippen molar-refractivity contribution >= 4 is 34.8 Å². The van der Waals surface area contributed by atoms with Crippen molar-refractivity contribution in [3.05, 3.63) is 30.0 Å². The van der Waals surface area contributed by atoms with E-state index in [9.17, 15) is 17.7 Å². The van der Waals surface area contributed by atoms with Gasteiger partial charge in [-0.3, -0.25) is 0 Å². The fraction of sp³-hybridized carbons (Fsp3) is 0.680. The second-order valence-electron chi connectivity index (χ2n) is 12.6. The maximum atomic E-state index is 14.3. The van der Waals surface area contributed by atoms with Crippen LogP contribution in [-0.4, -0.2) is 38.4 Å². The quantitative estimate of drug-likeness (QED) is 0.415. The molecule has 35 heavy (non-hydrogen) atoms. The predicted octanol–water partition coefficient (Wildman–Crippen LogP) is 5.64. The Morgan fingerprint density at radius 3 is 2.03 bits per heavy atom. The Bertz CT molecular complexity index is 1050. The number of hydrogen-bond donors (Lipinski definition) is 1. The van der Waals surface area contributed by atoms with E-state index in [1.807, 2.05) is 59.1 Å². The summed E-state index contributed by atoms with van der Waals surface area (Å²) in [6.07, 6.45) is -3.10. The molecule has 1 fully saturated rings. The second kappa shape index (κ2) is 8.98. The molecule has 1 aromatic heterocycles. The number of benzene rings is 1. The van der Waals surface area contributed by atoms with Crippen molar-refractivity contribution in [3.63, 3.8) is 0 Å². The van der Waals surface area contributed by atoms with Gasteiger partial charge in [-0.1, -0.05) is 32.9 Å². The van der Waals surface area contributed by atoms with Crippen LogP contribution in [0.4, 0.5) is 13.2 Å². The van der Waals surface area contributed by atoms with Crippen molar-refractivity contribution in [1.29, 1.82) is 0 Å². The highest BCUT2D eigenvalue weighted by Gasteiger charge is 2.52. The average molecular weight is 514 g/mol. The highest BCUT2D eigenvalue weighted by molar-refractivity contribution is 7.90. The molecule has 2 heterocycles. The number of rotatable bonds is 5. The molecule has 0 bridgehead atoms. The Balaban J connectivity index is 2.14. The Morgan fingerprint density at radius 1 is 1.03 bits per heavy atom. The minimum absolute atomic E-state index is 0.0508. The number of fused-ring (bicyclic) bond motifs is 1. The molecule has 1 N–H and O–H groups in total. The van der Waals surface area contributed by atoms with E-state index in [2.05, 4.69) is 4.72 Å². The second-order valence-corrected chi connectivity index (χ2v) is 14.6. The normalized spacial score (nSPS) is 20.5. The number of aromatic nitrogens is 1. The van der Waals surface area contributed by atoms with Gasteiger partial charge in [0.1, 0.15) is 4.75 Å². The lowest BCUT2D eigenvalue weighted by Gasteiger charge is -2.32. The van der Waals surface area contributed by atoms with Crippen LogP contribution in [-0.2, 0) is 27.2 Å². The summed E-state index contributed by atoms with van der Waals surface area (Å²) in [5, 5.41) is 0.454. The van der Waals surface area contributed by atoms with E-state index in [1.165, 1.54) is 6.20 Å². The summed E-state index contributed by atoms with van der Waals surface area (Å²) in [5.74, 6) is 0.